The maximum absolute atomic E-state index is 13.0. The predicted molar refractivity (Wildman–Crippen MR) is 89.2 cm³/mol. The SMILES string of the molecule is CCCN(CCC)c1cc(C)nc(Nc2ccc(F)cc2)n1. The van der Waals surface area contributed by atoms with Gasteiger partial charge in [-0.1, -0.05) is 13.8 Å². The minimum absolute atomic E-state index is 0.256. The van der Waals surface area contributed by atoms with Crippen molar-refractivity contribution in [2.45, 2.75) is 33.6 Å². The third kappa shape index (κ3) is 4.41. The Hall–Kier alpha value is -2.17. The molecular formula is C17H23FN4. The summed E-state index contributed by atoms with van der Waals surface area (Å²) in [6.45, 7) is 8.22. The summed E-state index contributed by atoms with van der Waals surface area (Å²) in [5.41, 5.74) is 1.68. The molecule has 118 valence electrons. The first kappa shape index (κ1) is 16.2. The molecule has 0 amide bonds. The quantitative estimate of drug-likeness (QED) is 0.828. The van der Waals surface area contributed by atoms with E-state index in [4.69, 9.17) is 0 Å². The molecule has 0 atom stereocenters. The van der Waals surface area contributed by atoms with Gasteiger partial charge in [0.2, 0.25) is 5.95 Å². The van der Waals surface area contributed by atoms with Gasteiger partial charge in [0.15, 0.2) is 0 Å². The second-order valence-corrected chi connectivity index (χ2v) is 5.31. The van der Waals surface area contributed by atoms with Gasteiger partial charge in [-0.15, -0.1) is 0 Å². The molecule has 0 saturated carbocycles. The van der Waals surface area contributed by atoms with Gasteiger partial charge < -0.3 is 10.2 Å². The smallest absolute Gasteiger partial charge is 0.229 e. The summed E-state index contributed by atoms with van der Waals surface area (Å²) in [5.74, 6) is 1.22. The van der Waals surface area contributed by atoms with Gasteiger partial charge >= 0.3 is 0 Å². The number of benzene rings is 1. The number of aromatic nitrogens is 2. The minimum Gasteiger partial charge on any atom is -0.356 e. The van der Waals surface area contributed by atoms with Crippen LogP contribution >= 0.6 is 0 Å². The minimum atomic E-state index is -0.256. The lowest BCUT2D eigenvalue weighted by Crippen LogP contribution is -2.26. The molecule has 0 bridgehead atoms. The lowest BCUT2D eigenvalue weighted by atomic mass is 10.3. The van der Waals surface area contributed by atoms with Gasteiger partial charge in [0.05, 0.1) is 0 Å². The van der Waals surface area contributed by atoms with Gasteiger partial charge in [-0.2, -0.15) is 4.98 Å². The number of hydrogen-bond acceptors (Lipinski definition) is 4. The van der Waals surface area contributed by atoms with E-state index in [0.717, 1.165) is 43.1 Å². The Morgan fingerprint density at radius 2 is 1.68 bits per heavy atom. The molecular weight excluding hydrogens is 279 g/mol. The van der Waals surface area contributed by atoms with E-state index in [2.05, 4.69) is 34.0 Å². The Labute approximate surface area is 131 Å². The highest BCUT2D eigenvalue weighted by molar-refractivity contribution is 5.55. The van der Waals surface area contributed by atoms with Crippen LogP contribution in [0.1, 0.15) is 32.4 Å². The first-order chi connectivity index (χ1) is 10.6. The van der Waals surface area contributed by atoms with Crippen molar-refractivity contribution < 1.29 is 4.39 Å². The van der Waals surface area contributed by atoms with E-state index in [9.17, 15) is 4.39 Å². The standard InChI is InChI=1S/C17H23FN4/c1-4-10-22(11-5-2)16-12-13(3)19-17(21-16)20-15-8-6-14(18)7-9-15/h6-9,12H,4-5,10-11H2,1-3H3,(H,19,20,21). The van der Waals surface area contributed by atoms with E-state index >= 15 is 0 Å². The molecule has 5 heteroatoms. The van der Waals surface area contributed by atoms with Crippen LogP contribution in [0.4, 0.5) is 21.8 Å². The van der Waals surface area contributed by atoms with Crippen LogP contribution in [0.5, 0.6) is 0 Å². The van der Waals surface area contributed by atoms with Crippen molar-refractivity contribution in [2.75, 3.05) is 23.3 Å². The van der Waals surface area contributed by atoms with Gasteiger partial charge in [-0.05, 0) is 44.0 Å². The topological polar surface area (TPSA) is 41.1 Å². The molecule has 0 unspecified atom stereocenters. The van der Waals surface area contributed by atoms with Crippen LogP contribution in [0.15, 0.2) is 30.3 Å². The van der Waals surface area contributed by atoms with Crippen LogP contribution in [0, 0.1) is 12.7 Å². The lowest BCUT2D eigenvalue weighted by molar-refractivity contribution is 0.628. The van der Waals surface area contributed by atoms with Crippen LogP contribution in [-0.2, 0) is 0 Å². The number of halogens is 1. The Morgan fingerprint density at radius 3 is 2.27 bits per heavy atom. The molecule has 22 heavy (non-hydrogen) atoms. The summed E-state index contributed by atoms with van der Waals surface area (Å²) in [7, 11) is 0. The maximum atomic E-state index is 13.0. The van der Waals surface area contributed by atoms with Gasteiger partial charge in [0.1, 0.15) is 11.6 Å². The van der Waals surface area contributed by atoms with E-state index in [1.165, 1.54) is 12.1 Å². The Bertz CT molecular complexity index is 592. The second-order valence-electron chi connectivity index (χ2n) is 5.31. The van der Waals surface area contributed by atoms with E-state index < -0.39 is 0 Å². The molecule has 0 radical (unpaired) electrons. The largest absolute Gasteiger partial charge is 0.356 e. The molecule has 1 heterocycles. The summed E-state index contributed by atoms with van der Waals surface area (Å²) in [4.78, 5) is 11.3. The van der Waals surface area contributed by atoms with Crippen LogP contribution in [0.3, 0.4) is 0 Å². The second kappa shape index (κ2) is 7.73. The molecule has 0 aliphatic carbocycles. The zero-order chi connectivity index (χ0) is 15.9. The Kier molecular flexibility index (Phi) is 5.69. The molecule has 1 aromatic heterocycles. The molecule has 0 fully saturated rings. The highest BCUT2D eigenvalue weighted by Gasteiger charge is 2.09. The molecule has 2 aromatic rings. The Morgan fingerprint density at radius 1 is 1.05 bits per heavy atom. The zero-order valence-electron chi connectivity index (χ0n) is 13.4. The van der Waals surface area contributed by atoms with Crippen LogP contribution < -0.4 is 10.2 Å². The number of nitrogens with one attached hydrogen (secondary N) is 1. The van der Waals surface area contributed by atoms with Crippen LogP contribution in [-0.4, -0.2) is 23.1 Å². The summed E-state index contributed by atoms with van der Waals surface area (Å²) >= 11 is 0. The molecule has 2 rings (SSSR count). The number of nitrogens with zero attached hydrogens (tertiary/aromatic N) is 3. The fourth-order valence-corrected chi connectivity index (χ4v) is 2.31. The zero-order valence-corrected chi connectivity index (χ0v) is 13.4. The highest BCUT2D eigenvalue weighted by atomic mass is 19.1. The van der Waals surface area contributed by atoms with Crippen LogP contribution in [0.2, 0.25) is 0 Å². The molecule has 0 spiro atoms. The van der Waals surface area contributed by atoms with E-state index in [-0.39, 0.29) is 5.82 Å². The predicted octanol–water partition coefficient (Wildman–Crippen LogP) is 4.29. The summed E-state index contributed by atoms with van der Waals surface area (Å²) in [6, 6.07) is 8.19. The molecule has 1 aromatic carbocycles. The molecule has 4 nitrogen and oxygen atoms in total. The lowest BCUT2D eigenvalue weighted by Gasteiger charge is -2.23. The van der Waals surface area contributed by atoms with Crippen molar-refractivity contribution in [2.24, 2.45) is 0 Å². The molecule has 0 aliphatic rings. The third-order valence-electron chi connectivity index (χ3n) is 3.25. The number of hydrogen-bond donors (Lipinski definition) is 1. The van der Waals surface area contributed by atoms with Gasteiger partial charge in [-0.25, -0.2) is 9.37 Å². The number of rotatable bonds is 7. The highest BCUT2D eigenvalue weighted by Crippen LogP contribution is 2.19. The first-order valence-electron chi connectivity index (χ1n) is 7.75. The monoisotopic (exact) mass is 302 g/mol. The average Bonchev–Trinajstić information content (AvgIpc) is 2.49. The Balaban J connectivity index is 2.23. The van der Waals surface area contributed by atoms with Gasteiger partial charge in [0.25, 0.3) is 0 Å². The number of anilines is 3. The van der Waals surface area contributed by atoms with Crippen molar-refractivity contribution in [1.82, 2.24) is 9.97 Å². The normalized spacial score (nSPS) is 10.5. The summed E-state index contributed by atoms with van der Waals surface area (Å²) in [6.07, 6.45) is 2.15. The molecule has 0 aliphatic heterocycles. The van der Waals surface area contributed by atoms with Crippen molar-refractivity contribution in [3.8, 4) is 0 Å². The average molecular weight is 302 g/mol. The fraction of sp³-hybridized carbons (Fsp3) is 0.412. The first-order valence-corrected chi connectivity index (χ1v) is 7.75. The van der Waals surface area contributed by atoms with Crippen LogP contribution in [0.25, 0.3) is 0 Å². The number of aryl methyl sites for hydroxylation is 1. The molecule has 1 N–H and O–H groups in total. The maximum Gasteiger partial charge on any atom is 0.229 e. The van der Waals surface area contributed by atoms with E-state index in [1.54, 1.807) is 12.1 Å². The van der Waals surface area contributed by atoms with E-state index in [1.807, 2.05) is 13.0 Å². The van der Waals surface area contributed by atoms with Gasteiger partial charge in [0, 0.05) is 30.5 Å². The summed E-state index contributed by atoms with van der Waals surface area (Å²) < 4.78 is 13.0. The van der Waals surface area contributed by atoms with Gasteiger partial charge in [-0.3, -0.25) is 0 Å². The van der Waals surface area contributed by atoms with E-state index in [0.29, 0.717) is 5.95 Å². The summed E-state index contributed by atoms with van der Waals surface area (Å²) in [5, 5.41) is 3.14. The van der Waals surface area contributed by atoms with Crippen molar-refractivity contribution in [3.63, 3.8) is 0 Å². The molecule has 0 saturated heterocycles. The van der Waals surface area contributed by atoms with Crippen molar-refractivity contribution >= 4 is 17.5 Å². The van der Waals surface area contributed by atoms with Crippen molar-refractivity contribution in [1.29, 1.82) is 0 Å². The van der Waals surface area contributed by atoms with Crippen molar-refractivity contribution in [3.05, 3.63) is 41.8 Å². The third-order valence-corrected chi connectivity index (χ3v) is 3.25. The fourth-order valence-electron chi connectivity index (χ4n) is 2.31.